The van der Waals surface area contributed by atoms with Crippen LogP contribution in [0.2, 0.25) is 0 Å². The molecule has 1 rings (SSSR count). The van der Waals surface area contributed by atoms with Crippen molar-refractivity contribution < 1.29 is 0 Å². The quantitative estimate of drug-likeness (QED) is 0.657. The highest BCUT2D eigenvalue weighted by Crippen LogP contribution is 2.05. The van der Waals surface area contributed by atoms with Crippen molar-refractivity contribution in [3.05, 3.63) is 30.3 Å². The van der Waals surface area contributed by atoms with Gasteiger partial charge in [-0.3, -0.25) is 0 Å². The lowest BCUT2D eigenvalue weighted by Gasteiger charge is -2.08. The summed E-state index contributed by atoms with van der Waals surface area (Å²) in [6, 6.07) is 10.7. The molecule has 0 atom stereocenters. The fraction of sp³-hybridized carbons (Fsp3) is 0.333. The molecule has 0 saturated heterocycles. The van der Waals surface area contributed by atoms with Crippen molar-refractivity contribution in [1.82, 2.24) is 0 Å². The van der Waals surface area contributed by atoms with Crippen molar-refractivity contribution in [2.45, 2.75) is 19.9 Å². The highest BCUT2D eigenvalue weighted by atomic mass is 14.9. The Kier molecular flexibility index (Phi) is 2.32. The van der Waals surface area contributed by atoms with Crippen LogP contribution in [0.5, 0.6) is 0 Å². The van der Waals surface area contributed by atoms with E-state index in [1.165, 1.54) is 5.69 Å². The summed E-state index contributed by atoms with van der Waals surface area (Å²) in [5, 5.41) is 3.30. The monoisotopic (exact) mass is 135 g/mol. The molecule has 1 N–H and O–H groups in total. The molecule has 54 valence electrons. The Morgan fingerprint density at radius 3 is 2.20 bits per heavy atom. The van der Waals surface area contributed by atoms with Crippen LogP contribution in [0.3, 0.4) is 0 Å². The molecule has 0 fully saturated rings. The summed E-state index contributed by atoms with van der Waals surface area (Å²) in [6.45, 7) is 4.26. The van der Waals surface area contributed by atoms with Crippen LogP contribution in [-0.2, 0) is 0 Å². The number of hydrogen-bond acceptors (Lipinski definition) is 1. The second kappa shape index (κ2) is 3.25. The van der Waals surface area contributed by atoms with E-state index in [2.05, 4.69) is 31.3 Å². The Bertz CT molecular complexity index is 179. The van der Waals surface area contributed by atoms with Gasteiger partial charge in [-0.25, -0.2) is 0 Å². The minimum atomic E-state index is 0.516. The van der Waals surface area contributed by atoms with E-state index in [-0.39, 0.29) is 0 Å². The third-order valence-corrected chi connectivity index (χ3v) is 1.23. The van der Waals surface area contributed by atoms with E-state index in [9.17, 15) is 0 Å². The van der Waals surface area contributed by atoms with Crippen LogP contribution >= 0.6 is 0 Å². The molecule has 0 bridgehead atoms. The third-order valence-electron chi connectivity index (χ3n) is 1.23. The van der Waals surface area contributed by atoms with Crippen molar-refractivity contribution in [3.8, 4) is 0 Å². The van der Waals surface area contributed by atoms with E-state index in [1.54, 1.807) is 0 Å². The maximum Gasteiger partial charge on any atom is 0.0342 e. The number of benzene rings is 1. The van der Waals surface area contributed by atoms with Crippen molar-refractivity contribution in [1.29, 1.82) is 0 Å². The number of rotatable bonds is 2. The summed E-state index contributed by atoms with van der Waals surface area (Å²) in [5.41, 5.74) is 1.19. The fourth-order valence-corrected chi connectivity index (χ4v) is 0.868. The highest BCUT2D eigenvalue weighted by Gasteiger charge is 1.90. The van der Waals surface area contributed by atoms with Crippen molar-refractivity contribution >= 4 is 5.69 Å². The Labute approximate surface area is 62.1 Å². The zero-order valence-electron chi connectivity index (χ0n) is 6.46. The highest BCUT2D eigenvalue weighted by molar-refractivity contribution is 5.42. The molecule has 1 nitrogen and oxygen atoms in total. The van der Waals surface area contributed by atoms with Crippen LogP contribution in [0.15, 0.2) is 30.3 Å². The molecule has 1 aromatic rings. The Hall–Kier alpha value is -0.980. The molecule has 0 aliphatic rings. The van der Waals surface area contributed by atoms with Gasteiger partial charge in [-0.05, 0) is 26.0 Å². The van der Waals surface area contributed by atoms with E-state index in [0.29, 0.717) is 6.04 Å². The Balaban J connectivity index is 2.59. The first-order valence-corrected chi connectivity index (χ1v) is 3.60. The molecule has 0 aliphatic heterocycles. The average molecular weight is 135 g/mol. The summed E-state index contributed by atoms with van der Waals surface area (Å²) < 4.78 is 0. The van der Waals surface area contributed by atoms with Crippen LogP contribution in [0.1, 0.15) is 13.8 Å². The van der Waals surface area contributed by atoms with Crippen molar-refractivity contribution in [3.63, 3.8) is 0 Å². The molecule has 1 aromatic carbocycles. The van der Waals surface area contributed by atoms with E-state index in [0.717, 1.165) is 0 Å². The van der Waals surface area contributed by atoms with Gasteiger partial charge in [0.15, 0.2) is 0 Å². The van der Waals surface area contributed by atoms with Crippen molar-refractivity contribution in [2.24, 2.45) is 0 Å². The van der Waals surface area contributed by atoms with E-state index < -0.39 is 0 Å². The van der Waals surface area contributed by atoms with Gasteiger partial charge in [0.2, 0.25) is 0 Å². The van der Waals surface area contributed by atoms with E-state index in [4.69, 9.17) is 0 Å². The molecule has 0 aliphatic carbocycles. The molecule has 0 radical (unpaired) electrons. The topological polar surface area (TPSA) is 12.0 Å². The van der Waals surface area contributed by atoms with Gasteiger partial charge in [0.25, 0.3) is 0 Å². The molecular formula is C9H13N. The van der Waals surface area contributed by atoms with Crippen LogP contribution in [0.4, 0.5) is 5.69 Å². The van der Waals surface area contributed by atoms with Crippen LogP contribution in [0, 0.1) is 0 Å². The lowest BCUT2D eigenvalue weighted by molar-refractivity contribution is 0.900. The second-order valence-corrected chi connectivity index (χ2v) is 2.67. The summed E-state index contributed by atoms with van der Waals surface area (Å²) in [6.07, 6.45) is 0. The fourth-order valence-electron chi connectivity index (χ4n) is 0.868. The minimum absolute atomic E-state index is 0.516. The molecule has 0 unspecified atom stereocenters. The summed E-state index contributed by atoms with van der Waals surface area (Å²) >= 11 is 0. The largest absolute Gasteiger partial charge is 0.383 e. The predicted molar refractivity (Wildman–Crippen MR) is 45.2 cm³/mol. The predicted octanol–water partition coefficient (Wildman–Crippen LogP) is 2.51. The second-order valence-electron chi connectivity index (χ2n) is 2.67. The van der Waals surface area contributed by atoms with Gasteiger partial charge in [-0.2, -0.15) is 0 Å². The molecule has 0 aromatic heterocycles. The number of nitrogens with one attached hydrogen (secondary N) is 1. The van der Waals surface area contributed by atoms with E-state index in [1.807, 2.05) is 18.2 Å². The van der Waals surface area contributed by atoms with Gasteiger partial charge >= 0.3 is 0 Å². The molecule has 10 heavy (non-hydrogen) atoms. The first kappa shape index (κ1) is 7.13. The molecule has 0 amide bonds. The Morgan fingerprint density at radius 2 is 1.70 bits per heavy atom. The first-order valence-electron chi connectivity index (χ1n) is 3.60. The van der Waals surface area contributed by atoms with Crippen molar-refractivity contribution in [2.75, 3.05) is 5.32 Å². The number of hydrogen-bond donors (Lipinski definition) is 1. The zero-order chi connectivity index (χ0) is 7.40. The summed E-state index contributed by atoms with van der Waals surface area (Å²) in [5.74, 6) is 0. The van der Waals surface area contributed by atoms with Gasteiger partial charge < -0.3 is 5.32 Å². The number of para-hydroxylation sites is 1. The van der Waals surface area contributed by atoms with Crippen LogP contribution in [-0.4, -0.2) is 6.04 Å². The maximum absolute atomic E-state index is 3.30. The van der Waals surface area contributed by atoms with Crippen LogP contribution in [0.25, 0.3) is 0 Å². The normalized spacial score (nSPS) is 9.90. The smallest absolute Gasteiger partial charge is 0.0342 e. The Morgan fingerprint density at radius 1 is 1.10 bits per heavy atom. The zero-order valence-corrected chi connectivity index (χ0v) is 6.46. The maximum atomic E-state index is 3.30. The molecule has 1 heteroatoms. The third kappa shape index (κ3) is 2.09. The van der Waals surface area contributed by atoms with Gasteiger partial charge in [0, 0.05) is 11.7 Å². The van der Waals surface area contributed by atoms with Gasteiger partial charge in [-0.1, -0.05) is 18.2 Å². The van der Waals surface area contributed by atoms with Gasteiger partial charge in [0.1, 0.15) is 0 Å². The average Bonchev–Trinajstić information content (AvgIpc) is 1.88. The molecule has 0 saturated carbocycles. The summed E-state index contributed by atoms with van der Waals surface area (Å²) in [4.78, 5) is 0. The van der Waals surface area contributed by atoms with Crippen LogP contribution < -0.4 is 5.32 Å². The van der Waals surface area contributed by atoms with Gasteiger partial charge in [0.05, 0.1) is 0 Å². The SMILES string of the molecule is CC(C)Nc1ccccc1. The molecule has 0 spiro atoms. The minimum Gasteiger partial charge on any atom is -0.383 e. The lowest BCUT2D eigenvalue weighted by atomic mass is 10.3. The van der Waals surface area contributed by atoms with E-state index >= 15 is 0 Å². The molecule has 0 heterocycles. The first-order chi connectivity index (χ1) is 4.79. The lowest BCUT2D eigenvalue weighted by Crippen LogP contribution is -2.08. The summed E-state index contributed by atoms with van der Waals surface area (Å²) in [7, 11) is 0. The van der Waals surface area contributed by atoms with Gasteiger partial charge in [-0.15, -0.1) is 0 Å². The standard InChI is InChI=1S/C9H13N/c1-8(2)10-9-6-4-3-5-7-9/h3-8,10H,1-2H3. The molecular weight excluding hydrogens is 122 g/mol. The number of anilines is 1.